The smallest absolute Gasteiger partial charge is 0.223 e. The van der Waals surface area contributed by atoms with Crippen LogP contribution < -0.4 is 5.73 Å². The van der Waals surface area contributed by atoms with Crippen molar-refractivity contribution in [1.29, 1.82) is 0 Å². The zero-order chi connectivity index (χ0) is 15.7. The molecule has 1 aromatic rings. The molecule has 1 fully saturated rings. The van der Waals surface area contributed by atoms with Crippen molar-refractivity contribution in [1.82, 2.24) is 4.90 Å². The third-order valence-electron chi connectivity index (χ3n) is 4.83. The molecule has 1 atom stereocenters. The van der Waals surface area contributed by atoms with Crippen LogP contribution >= 0.6 is 12.4 Å². The number of likely N-dealkylation sites (tertiary alicyclic amines) is 1. The monoisotopic (exact) mass is 324 g/mol. The molecule has 0 aliphatic carbocycles. The minimum absolute atomic E-state index is 0. The molecular weight excluding hydrogens is 296 g/mol. The summed E-state index contributed by atoms with van der Waals surface area (Å²) >= 11 is 0. The van der Waals surface area contributed by atoms with Crippen molar-refractivity contribution in [2.75, 3.05) is 19.6 Å². The molecule has 0 radical (unpaired) electrons. The summed E-state index contributed by atoms with van der Waals surface area (Å²) in [7, 11) is 0. The number of aryl methyl sites for hydroxylation is 1. The van der Waals surface area contributed by atoms with Crippen molar-refractivity contribution in [3.05, 3.63) is 35.4 Å². The molecule has 0 saturated carbocycles. The number of hydrogen-bond acceptors (Lipinski definition) is 2. The first-order chi connectivity index (χ1) is 9.76. The maximum absolute atomic E-state index is 12.6. The topological polar surface area (TPSA) is 46.3 Å². The zero-order valence-electron chi connectivity index (χ0n) is 14.2. The molecule has 0 bridgehead atoms. The van der Waals surface area contributed by atoms with E-state index in [1.54, 1.807) is 0 Å². The molecular formula is C18H29ClN2O. The molecule has 2 rings (SSSR count). The van der Waals surface area contributed by atoms with Crippen LogP contribution in [0.25, 0.3) is 0 Å². The van der Waals surface area contributed by atoms with Gasteiger partial charge in [0.1, 0.15) is 0 Å². The number of carbonyl (C=O) groups is 1. The maximum atomic E-state index is 12.6. The summed E-state index contributed by atoms with van der Waals surface area (Å²) in [6, 6.07) is 8.50. The highest BCUT2D eigenvalue weighted by molar-refractivity contribution is 5.85. The normalized spacial score (nSPS) is 21.6. The Labute approximate surface area is 140 Å². The lowest BCUT2D eigenvalue weighted by Gasteiger charge is -2.28. The standard InChI is InChI=1S/C18H28N2O.ClH/c1-14-5-7-15(8-6-14)17(2,3)11-16(21)20-10-9-18(4,12-19)13-20;/h5-8H,9-13,19H2,1-4H3;1H. The Morgan fingerprint density at radius 3 is 2.41 bits per heavy atom. The summed E-state index contributed by atoms with van der Waals surface area (Å²) in [4.78, 5) is 14.6. The van der Waals surface area contributed by atoms with E-state index in [2.05, 4.69) is 52.0 Å². The van der Waals surface area contributed by atoms with Crippen LogP contribution in [0.5, 0.6) is 0 Å². The van der Waals surface area contributed by atoms with Crippen molar-refractivity contribution in [2.45, 2.75) is 46.0 Å². The van der Waals surface area contributed by atoms with Gasteiger partial charge in [-0.15, -0.1) is 12.4 Å². The van der Waals surface area contributed by atoms with Gasteiger partial charge in [-0.25, -0.2) is 0 Å². The highest BCUT2D eigenvalue weighted by Gasteiger charge is 2.36. The molecule has 1 heterocycles. The second-order valence-corrected chi connectivity index (χ2v) is 7.51. The zero-order valence-corrected chi connectivity index (χ0v) is 15.0. The molecule has 2 N–H and O–H groups in total. The molecule has 1 amide bonds. The van der Waals surface area contributed by atoms with E-state index in [4.69, 9.17) is 5.73 Å². The lowest BCUT2D eigenvalue weighted by atomic mass is 9.81. The van der Waals surface area contributed by atoms with Crippen molar-refractivity contribution in [3.8, 4) is 0 Å². The van der Waals surface area contributed by atoms with Crippen LogP contribution in [0, 0.1) is 12.3 Å². The number of nitrogens with two attached hydrogens (primary N) is 1. The summed E-state index contributed by atoms with van der Waals surface area (Å²) in [6.07, 6.45) is 1.57. The molecule has 1 unspecified atom stereocenters. The van der Waals surface area contributed by atoms with Gasteiger partial charge in [-0.1, -0.05) is 50.6 Å². The van der Waals surface area contributed by atoms with Crippen molar-refractivity contribution < 1.29 is 4.79 Å². The van der Waals surface area contributed by atoms with Crippen LogP contribution in [0.1, 0.15) is 44.7 Å². The molecule has 124 valence electrons. The van der Waals surface area contributed by atoms with Gasteiger partial charge in [0, 0.05) is 19.5 Å². The number of carbonyl (C=O) groups excluding carboxylic acids is 1. The average Bonchev–Trinajstić information content (AvgIpc) is 2.82. The molecule has 1 aromatic carbocycles. The first-order valence-electron chi connectivity index (χ1n) is 7.81. The Kier molecular flexibility index (Phi) is 6.05. The molecule has 1 saturated heterocycles. The van der Waals surface area contributed by atoms with Crippen molar-refractivity contribution >= 4 is 18.3 Å². The first-order valence-corrected chi connectivity index (χ1v) is 7.81. The van der Waals surface area contributed by atoms with Gasteiger partial charge in [0.25, 0.3) is 0 Å². The van der Waals surface area contributed by atoms with E-state index >= 15 is 0 Å². The van der Waals surface area contributed by atoms with Crippen molar-refractivity contribution in [2.24, 2.45) is 11.1 Å². The molecule has 1 aliphatic rings. The van der Waals surface area contributed by atoms with E-state index in [1.165, 1.54) is 11.1 Å². The minimum atomic E-state index is -0.132. The van der Waals surface area contributed by atoms with E-state index in [0.29, 0.717) is 13.0 Å². The Morgan fingerprint density at radius 2 is 1.91 bits per heavy atom. The van der Waals surface area contributed by atoms with Gasteiger partial charge >= 0.3 is 0 Å². The lowest BCUT2D eigenvalue weighted by Crippen LogP contribution is -2.37. The van der Waals surface area contributed by atoms with Crippen LogP contribution in [0.3, 0.4) is 0 Å². The number of benzene rings is 1. The largest absolute Gasteiger partial charge is 0.342 e. The minimum Gasteiger partial charge on any atom is -0.342 e. The summed E-state index contributed by atoms with van der Waals surface area (Å²) in [5.74, 6) is 0.248. The molecule has 22 heavy (non-hydrogen) atoms. The number of nitrogens with zero attached hydrogens (tertiary/aromatic N) is 1. The van der Waals surface area contributed by atoms with Crippen LogP contribution in [-0.4, -0.2) is 30.4 Å². The predicted octanol–water partition coefficient (Wildman–Crippen LogP) is 3.28. The van der Waals surface area contributed by atoms with Gasteiger partial charge in [0.05, 0.1) is 0 Å². The fourth-order valence-electron chi connectivity index (χ4n) is 3.00. The van der Waals surface area contributed by atoms with E-state index in [0.717, 1.165) is 19.5 Å². The van der Waals surface area contributed by atoms with Gasteiger partial charge in [0.2, 0.25) is 5.91 Å². The van der Waals surface area contributed by atoms with Gasteiger partial charge in [-0.2, -0.15) is 0 Å². The number of amides is 1. The lowest BCUT2D eigenvalue weighted by molar-refractivity contribution is -0.131. The van der Waals surface area contributed by atoms with E-state index in [-0.39, 0.29) is 29.1 Å². The first kappa shape index (κ1) is 19.0. The predicted molar refractivity (Wildman–Crippen MR) is 94.4 cm³/mol. The number of halogens is 1. The average molecular weight is 325 g/mol. The molecule has 0 spiro atoms. The summed E-state index contributed by atoms with van der Waals surface area (Å²) in [5, 5.41) is 0. The number of rotatable bonds is 4. The summed E-state index contributed by atoms with van der Waals surface area (Å²) in [5.41, 5.74) is 8.27. The summed E-state index contributed by atoms with van der Waals surface area (Å²) < 4.78 is 0. The highest BCUT2D eigenvalue weighted by Crippen LogP contribution is 2.32. The van der Waals surface area contributed by atoms with Gasteiger partial charge in [-0.05, 0) is 36.3 Å². The summed E-state index contributed by atoms with van der Waals surface area (Å²) in [6.45, 7) is 10.8. The highest BCUT2D eigenvalue weighted by atomic mass is 35.5. The third kappa shape index (κ3) is 4.23. The second kappa shape index (κ2) is 7.01. The fraction of sp³-hybridized carbons (Fsp3) is 0.611. The van der Waals surface area contributed by atoms with Crippen LogP contribution in [0.4, 0.5) is 0 Å². The fourth-order valence-corrected chi connectivity index (χ4v) is 3.00. The molecule has 1 aliphatic heterocycles. The van der Waals surface area contributed by atoms with Gasteiger partial charge < -0.3 is 10.6 Å². The Morgan fingerprint density at radius 1 is 1.32 bits per heavy atom. The molecule has 0 aromatic heterocycles. The van der Waals surface area contributed by atoms with Gasteiger partial charge in [-0.3, -0.25) is 4.79 Å². The SMILES string of the molecule is Cc1ccc(C(C)(C)CC(=O)N2CCC(C)(CN)C2)cc1.Cl. The molecule has 4 heteroatoms. The molecule has 3 nitrogen and oxygen atoms in total. The van der Waals surface area contributed by atoms with Crippen molar-refractivity contribution in [3.63, 3.8) is 0 Å². The Balaban J connectivity index is 0.00000242. The maximum Gasteiger partial charge on any atom is 0.223 e. The second-order valence-electron chi connectivity index (χ2n) is 7.51. The van der Waals surface area contributed by atoms with Gasteiger partial charge in [0.15, 0.2) is 0 Å². The quantitative estimate of drug-likeness (QED) is 0.923. The van der Waals surface area contributed by atoms with Crippen LogP contribution in [-0.2, 0) is 10.2 Å². The van der Waals surface area contributed by atoms with E-state index in [1.807, 2.05) is 4.90 Å². The van der Waals surface area contributed by atoms with E-state index < -0.39 is 0 Å². The van der Waals surface area contributed by atoms with E-state index in [9.17, 15) is 4.79 Å². The van der Waals surface area contributed by atoms with Crippen LogP contribution in [0.2, 0.25) is 0 Å². The van der Waals surface area contributed by atoms with Crippen LogP contribution in [0.15, 0.2) is 24.3 Å². The number of hydrogen-bond donors (Lipinski definition) is 1. The Bertz CT molecular complexity index is 512. The Hall–Kier alpha value is -1.06. The third-order valence-corrected chi connectivity index (χ3v) is 4.83.